The number of hydrogen-bond acceptors (Lipinski definition) is 3. The standard InChI is InChI=1S/C21H24F6N2O3/c1-19(2,28-11-30)13-6-16-8-17(9-29(16)18(31)7-13)32-10-12-3-14(20(22,23)24)5-15(4-12)21(25,26)27/h3-5,11,13,16-17H,6-10H2,1-2H3,(H,28,30). The highest BCUT2D eigenvalue weighted by Crippen LogP contribution is 2.39. The summed E-state index contributed by atoms with van der Waals surface area (Å²) in [6, 6.07) is 1.21. The molecule has 2 amide bonds. The number of ether oxygens (including phenoxy) is 1. The van der Waals surface area contributed by atoms with Crippen LogP contribution in [0.1, 0.15) is 49.8 Å². The van der Waals surface area contributed by atoms with Gasteiger partial charge >= 0.3 is 12.4 Å². The van der Waals surface area contributed by atoms with E-state index in [2.05, 4.69) is 5.32 Å². The molecule has 5 nitrogen and oxygen atoms in total. The van der Waals surface area contributed by atoms with Crippen molar-refractivity contribution < 1.29 is 40.7 Å². The van der Waals surface area contributed by atoms with Crippen molar-refractivity contribution in [2.45, 2.75) is 69.8 Å². The highest BCUT2D eigenvalue weighted by molar-refractivity contribution is 5.78. The summed E-state index contributed by atoms with van der Waals surface area (Å²) >= 11 is 0. The van der Waals surface area contributed by atoms with E-state index in [1.54, 1.807) is 4.90 Å². The highest BCUT2D eigenvalue weighted by Gasteiger charge is 2.45. The van der Waals surface area contributed by atoms with Crippen LogP contribution in [0.4, 0.5) is 26.3 Å². The van der Waals surface area contributed by atoms with Crippen molar-refractivity contribution in [3.05, 3.63) is 34.9 Å². The predicted molar refractivity (Wildman–Crippen MR) is 101 cm³/mol. The number of nitrogens with one attached hydrogen (secondary N) is 1. The number of benzene rings is 1. The van der Waals surface area contributed by atoms with Crippen molar-refractivity contribution in [3.63, 3.8) is 0 Å². The third kappa shape index (κ3) is 5.36. The number of carbonyl (C=O) groups is 2. The van der Waals surface area contributed by atoms with Crippen molar-refractivity contribution in [2.75, 3.05) is 6.54 Å². The summed E-state index contributed by atoms with van der Waals surface area (Å²) in [5, 5.41) is 2.72. The lowest BCUT2D eigenvalue weighted by Gasteiger charge is -2.41. The van der Waals surface area contributed by atoms with E-state index in [9.17, 15) is 35.9 Å². The van der Waals surface area contributed by atoms with E-state index in [0.717, 1.165) is 0 Å². The minimum atomic E-state index is -4.92. The molecular weight excluding hydrogens is 442 g/mol. The SMILES string of the molecule is CC(C)(NC=O)C1CC(=O)N2CC(OCc3cc(C(F)(F)F)cc(C(F)(F)F)c3)CC2C1. The van der Waals surface area contributed by atoms with E-state index < -0.39 is 41.7 Å². The zero-order valence-electron chi connectivity index (χ0n) is 17.5. The van der Waals surface area contributed by atoms with Gasteiger partial charge in [0.25, 0.3) is 0 Å². The molecule has 2 saturated heterocycles. The van der Waals surface area contributed by atoms with Crippen LogP contribution in [-0.4, -0.2) is 41.4 Å². The molecule has 1 aromatic rings. The lowest BCUT2D eigenvalue weighted by Crippen LogP contribution is -2.53. The number of rotatable bonds is 6. The number of fused-ring (bicyclic) bond motifs is 1. The average molecular weight is 466 g/mol. The molecule has 0 saturated carbocycles. The first kappa shape index (κ1) is 24.3. The maximum atomic E-state index is 13.0. The van der Waals surface area contributed by atoms with E-state index in [-0.39, 0.29) is 42.5 Å². The van der Waals surface area contributed by atoms with Gasteiger partial charge in [0, 0.05) is 24.5 Å². The van der Waals surface area contributed by atoms with Gasteiger partial charge in [-0.3, -0.25) is 9.59 Å². The second-order valence-corrected chi connectivity index (χ2v) is 8.90. The Bertz CT molecular complexity index is 836. The first-order valence-electron chi connectivity index (χ1n) is 10.1. The number of amides is 2. The molecule has 2 fully saturated rings. The minimum Gasteiger partial charge on any atom is -0.372 e. The molecule has 2 aliphatic heterocycles. The summed E-state index contributed by atoms with van der Waals surface area (Å²) in [4.78, 5) is 25.1. The van der Waals surface area contributed by atoms with E-state index in [0.29, 0.717) is 31.4 Å². The smallest absolute Gasteiger partial charge is 0.372 e. The van der Waals surface area contributed by atoms with Crippen molar-refractivity contribution >= 4 is 12.3 Å². The Morgan fingerprint density at radius 2 is 1.66 bits per heavy atom. The fourth-order valence-corrected chi connectivity index (χ4v) is 4.40. The molecule has 0 aromatic heterocycles. The van der Waals surface area contributed by atoms with E-state index in [1.165, 1.54) is 0 Å². The monoisotopic (exact) mass is 466 g/mol. The number of nitrogens with zero attached hydrogens (tertiary/aromatic N) is 1. The van der Waals surface area contributed by atoms with Crippen LogP contribution in [0.15, 0.2) is 18.2 Å². The molecule has 11 heteroatoms. The van der Waals surface area contributed by atoms with Gasteiger partial charge in [-0.15, -0.1) is 0 Å². The minimum absolute atomic E-state index is 0.0766. The van der Waals surface area contributed by atoms with Crippen LogP contribution in [0, 0.1) is 5.92 Å². The van der Waals surface area contributed by atoms with Crippen LogP contribution in [0.5, 0.6) is 0 Å². The Morgan fingerprint density at radius 3 is 2.19 bits per heavy atom. The van der Waals surface area contributed by atoms with E-state index in [1.807, 2.05) is 13.8 Å². The number of alkyl halides is 6. The Morgan fingerprint density at radius 1 is 1.06 bits per heavy atom. The van der Waals surface area contributed by atoms with Crippen molar-refractivity contribution in [1.82, 2.24) is 10.2 Å². The zero-order chi connectivity index (χ0) is 23.9. The molecule has 0 spiro atoms. The molecule has 32 heavy (non-hydrogen) atoms. The zero-order valence-corrected chi connectivity index (χ0v) is 17.5. The molecule has 0 bridgehead atoms. The largest absolute Gasteiger partial charge is 0.416 e. The maximum absolute atomic E-state index is 13.0. The molecule has 1 aromatic carbocycles. The van der Waals surface area contributed by atoms with Gasteiger partial charge in [0.1, 0.15) is 0 Å². The number of piperidine rings is 1. The molecule has 3 unspecified atom stereocenters. The van der Waals surface area contributed by atoms with Crippen LogP contribution in [-0.2, 0) is 33.3 Å². The third-order valence-electron chi connectivity index (χ3n) is 6.26. The Balaban J connectivity index is 1.69. The summed E-state index contributed by atoms with van der Waals surface area (Å²) in [5.74, 6) is -0.213. The van der Waals surface area contributed by atoms with Gasteiger partial charge in [0.15, 0.2) is 0 Å². The van der Waals surface area contributed by atoms with E-state index >= 15 is 0 Å². The molecule has 2 heterocycles. The normalized spacial score (nSPS) is 24.4. The quantitative estimate of drug-likeness (QED) is 0.507. The first-order valence-corrected chi connectivity index (χ1v) is 10.1. The van der Waals surface area contributed by atoms with Crippen molar-refractivity contribution in [1.29, 1.82) is 0 Å². The number of halogens is 6. The van der Waals surface area contributed by atoms with Gasteiger partial charge in [-0.2, -0.15) is 26.3 Å². The first-order chi connectivity index (χ1) is 14.7. The van der Waals surface area contributed by atoms with Gasteiger partial charge in [0.05, 0.1) is 23.8 Å². The van der Waals surface area contributed by atoms with Crippen LogP contribution in [0.25, 0.3) is 0 Å². The fourth-order valence-electron chi connectivity index (χ4n) is 4.40. The molecule has 178 valence electrons. The topological polar surface area (TPSA) is 58.6 Å². The van der Waals surface area contributed by atoms with Gasteiger partial charge in [-0.25, -0.2) is 0 Å². The van der Waals surface area contributed by atoms with Crippen LogP contribution >= 0.6 is 0 Å². The Labute approximate surface area is 181 Å². The second-order valence-electron chi connectivity index (χ2n) is 8.90. The van der Waals surface area contributed by atoms with Gasteiger partial charge in [0.2, 0.25) is 12.3 Å². The summed E-state index contributed by atoms with van der Waals surface area (Å²) in [7, 11) is 0. The van der Waals surface area contributed by atoms with Gasteiger partial charge in [-0.05, 0) is 56.4 Å². The molecule has 2 aliphatic rings. The lowest BCUT2D eigenvalue weighted by molar-refractivity contribution is -0.143. The molecule has 0 aliphatic carbocycles. The Kier molecular flexibility index (Phi) is 6.52. The highest BCUT2D eigenvalue weighted by atomic mass is 19.4. The van der Waals surface area contributed by atoms with Crippen molar-refractivity contribution in [2.24, 2.45) is 5.92 Å². The average Bonchev–Trinajstić information content (AvgIpc) is 3.08. The maximum Gasteiger partial charge on any atom is 0.416 e. The molecule has 0 radical (unpaired) electrons. The number of carbonyl (C=O) groups excluding carboxylic acids is 2. The van der Waals surface area contributed by atoms with Gasteiger partial charge < -0.3 is 15.0 Å². The molecule has 1 N–H and O–H groups in total. The summed E-state index contributed by atoms with van der Waals surface area (Å²) in [5.41, 5.74) is -3.61. The number of hydrogen-bond donors (Lipinski definition) is 1. The molecular formula is C21H24F6N2O3. The predicted octanol–water partition coefficient (Wildman–Crippen LogP) is 4.14. The second kappa shape index (κ2) is 8.57. The molecule has 3 rings (SSSR count). The van der Waals surface area contributed by atoms with Gasteiger partial charge in [-0.1, -0.05) is 0 Å². The molecule has 3 atom stereocenters. The van der Waals surface area contributed by atoms with Crippen LogP contribution < -0.4 is 5.32 Å². The fraction of sp³-hybridized carbons (Fsp3) is 0.619. The van der Waals surface area contributed by atoms with Crippen LogP contribution in [0.3, 0.4) is 0 Å². The summed E-state index contributed by atoms with van der Waals surface area (Å²) in [6.45, 7) is 3.44. The van der Waals surface area contributed by atoms with Crippen LogP contribution in [0.2, 0.25) is 0 Å². The van der Waals surface area contributed by atoms with Crippen molar-refractivity contribution in [3.8, 4) is 0 Å². The summed E-state index contributed by atoms with van der Waals surface area (Å²) in [6.07, 6.45) is -8.50. The van der Waals surface area contributed by atoms with E-state index in [4.69, 9.17) is 4.74 Å². The Hall–Kier alpha value is -2.30. The summed E-state index contributed by atoms with van der Waals surface area (Å²) < 4.78 is 83.8. The lowest BCUT2D eigenvalue weighted by atomic mass is 9.77. The third-order valence-corrected chi connectivity index (χ3v) is 6.26.